The van der Waals surface area contributed by atoms with Gasteiger partial charge in [-0.3, -0.25) is 4.72 Å². The van der Waals surface area contributed by atoms with Gasteiger partial charge in [0.2, 0.25) is 0 Å². The van der Waals surface area contributed by atoms with Gasteiger partial charge < -0.3 is 10.1 Å². The molecule has 0 atom stereocenters. The van der Waals surface area contributed by atoms with Crippen molar-refractivity contribution in [2.45, 2.75) is 25.2 Å². The highest BCUT2D eigenvalue weighted by Crippen LogP contribution is 2.21. The molecule has 0 aliphatic heterocycles. The second-order valence-electron chi connectivity index (χ2n) is 5.72. The number of hydrogen-bond donors (Lipinski definition) is 2. The Morgan fingerprint density at radius 2 is 1.67 bits per heavy atom. The molecular weight excluding hydrogens is 324 g/mol. The Morgan fingerprint density at radius 3 is 2.29 bits per heavy atom. The molecule has 24 heavy (non-hydrogen) atoms. The van der Waals surface area contributed by atoms with E-state index < -0.39 is 10.0 Å². The molecular formula is C18H24N2O3S. The number of rotatable bonds is 8. The predicted molar refractivity (Wildman–Crippen MR) is 98.1 cm³/mol. The Labute approximate surface area is 144 Å². The summed E-state index contributed by atoms with van der Waals surface area (Å²) in [6.07, 6.45) is 0.914. The van der Waals surface area contributed by atoms with E-state index in [0.717, 1.165) is 29.8 Å². The monoisotopic (exact) mass is 348 g/mol. The third-order valence-corrected chi connectivity index (χ3v) is 5.15. The maximum atomic E-state index is 12.5. The van der Waals surface area contributed by atoms with Gasteiger partial charge in [0.25, 0.3) is 10.0 Å². The summed E-state index contributed by atoms with van der Waals surface area (Å²) in [6.45, 7) is 5.26. The zero-order valence-corrected chi connectivity index (χ0v) is 15.1. The van der Waals surface area contributed by atoms with Crippen LogP contribution in [0.1, 0.15) is 17.5 Å². The molecule has 0 unspecified atom stereocenters. The Morgan fingerprint density at radius 1 is 1.00 bits per heavy atom. The highest BCUT2D eigenvalue weighted by Gasteiger charge is 2.16. The summed E-state index contributed by atoms with van der Waals surface area (Å²) in [7, 11) is -1.91. The average molecular weight is 348 g/mol. The summed E-state index contributed by atoms with van der Waals surface area (Å²) < 4.78 is 32.7. The molecule has 0 heterocycles. The van der Waals surface area contributed by atoms with E-state index in [1.165, 1.54) is 0 Å². The van der Waals surface area contributed by atoms with E-state index in [1.54, 1.807) is 38.3 Å². The Bertz CT molecular complexity index is 771. The standard InChI is InChI=1S/C18H24N2O3S/c1-14-5-10-18(15(2)13-14)24(21,22)20-17-8-6-16(7-9-17)19-11-4-12-23-3/h5-10,13,19-20H,4,11-12H2,1-3H3. The molecule has 2 aromatic carbocycles. The van der Waals surface area contributed by atoms with Gasteiger partial charge in [-0.25, -0.2) is 8.42 Å². The lowest BCUT2D eigenvalue weighted by atomic mass is 10.2. The molecule has 0 aliphatic carbocycles. The van der Waals surface area contributed by atoms with Crippen molar-refractivity contribution in [3.05, 3.63) is 53.6 Å². The van der Waals surface area contributed by atoms with Crippen molar-refractivity contribution in [2.75, 3.05) is 30.3 Å². The van der Waals surface area contributed by atoms with E-state index in [2.05, 4.69) is 10.0 Å². The van der Waals surface area contributed by atoms with Gasteiger partial charge in [-0.05, 0) is 56.2 Å². The molecule has 0 saturated carbocycles. The van der Waals surface area contributed by atoms with Gasteiger partial charge in [0.15, 0.2) is 0 Å². The Kier molecular flexibility index (Phi) is 6.23. The van der Waals surface area contributed by atoms with Crippen LogP contribution in [0.3, 0.4) is 0 Å². The minimum absolute atomic E-state index is 0.301. The molecule has 0 fully saturated rings. The van der Waals surface area contributed by atoms with Crippen molar-refractivity contribution in [1.29, 1.82) is 0 Å². The number of nitrogens with one attached hydrogen (secondary N) is 2. The summed E-state index contributed by atoms with van der Waals surface area (Å²) in [4.78, 5) is 0.301. The fraction of sp³-hybridized carbons (Fsp3) is 0.333. The van der Waals surface area contributed by atoms with E-state index in [0.29, 0.717) is 17.2 Å². The molecule has 130 valence electrons. The van der Waals surface area contributed by atoms with Crippen molar-refractivity contribution >= 4 is 21.4 Å². The van der Waals surface area contributed by atoms with E-state index in [-0.39, 0.29) is 0 Å². The summed E-state index contributed by atoms with van der Waals surface area (Å²) in [6, 6.07) is 12.5. The van der Waals surface area contributed by atoms with Crippen molar-refractivity contribution in [1.82, 2.24) is 0 Å². The van der Waals surface area contributed by atoms with Crippen molar-refractivity contribution in [3.63, 3.8) is 0 Å². The molecule has 2 N–H and O–H groups in total. The number of hydrogen-bond acceptors (Lipinski definition) is 4. The quantitative estimate of drug-likeness (QED) is 0.716. The lowest BCUT2D eigenvalue weighted by Gasteiger charge is -2.12. The molecule has 0 radical (unpaired) electrons. The topological polar surface area (TPSA) is 67.4 Å². The predicted octanol–water partition coefficient (Wildman–Crippen LogP) is 3.55. The van der Waals surface area contributed by atoms with Gasteiger partial charge in [0.1, 0.15) is 0 Å². The Hall–Kier alpha value is -2.05. The molecule has 2 aromatic rings. The molecule has 5 nitrogen and oxygen atoms in total. The van der Waals surface area contributed by atoms with Gasteiger partial charge in [0, 0.05) is 31.6 Å². The lowest BCUT2D eigenvalue weighted by Crippen LogP contribution is -2.14. The van der Waals surface area contributed by atoms with Crippen LogP contribution in [0, 0.1) is 13.8 Å². The molecule has 0 aromatic heterocycles. The molecule has 0 saturated heterocycles. The molecule has 0 aliphatic rings. The van der Waals surface area contributed by atoms with Crippen LogP contribution in [0.4, 0.5) is 11.4 Å². The van der Waals surface area contributed by atoms with Crippen LogP contribution in [-0.2, 0) is 14.8 Å². The zero-order chi connectivity index (χ0) is 17.6. The first-order valence-electron chi connectivity index (χ1n) is 7.85. The number of aryl methyl sites for hydroxylation is 2. The van der Waals surface area contributed by atoms with Crippen LogP contribution in [0.25, 0.3) is 0 Å². The maximum Gasteiger partial charge on any atom is 0.262 e. The second kappa shape index (κ2) is 8.17. The largest absolute Gasteiger partial charge is 0.385 e. The lowest BCUT2D eigenvalue weighted by molar-refractivity contribution is 0.198. The van der Waals surface area contributed by atoms with E-state index in [1.807, 2.05) is 25.1 Å². The van der Waals surface area contributed by atoms with Gasteiger partial charge >= 0.3 is 0 Å². The summed E-state index contributed by atoms with van der Waals surface area (Å²) in [5.74, 6) is 0. The highest BCUT2D eigenvalue weighted by molar-refractivity contribution is 7.92. The molecule has 0 bridgehead atoms. The van der Waals surface area contributed by atoms with Crippen LogP contribution in [0.2, 0.25) is 0 Å². The van der Waals surface area contributed by atoms with Crippen LogP contribution < -0.4 is 10.0 Å². The van der Waals surface area contributed by atoms with E-state index in [9.17, 15) is 8.42 Å². The van der Waals surface area contributed by atoms with Crippen LogP contribution in [-0.4, -0.2) is 28.7 Å². The average Bonchev–Trinajstić information content (AvgIpc) is 2.52. The number of sulfonamides is 1. The van der Waals surface area contributed by atoms with Crippen LogP contribution in [0.5, 0.6) is 0 Å². The highest BCUT2D eigenvalue weighted by atomic mass is 32.2. The van der Waals surface area contributed by atoms with Crippen molar-refractivity contribution in [3.8, 4) is 0 Å². The number of anilines is 2. The van der Waals surface area contributed by atoms with Crippen LogP contribution in [0.15, 0.2) is 47.4 Å². The number of benzene rings is 2. The fourth-order valence-corrected chi connectivity index (χ4v) is 3.70. The minimum atomic E-state index is -3.58. The maximum absolute atomic E-state index is 12.5. The van der Waals surface area contributed by atoms with Gasteiger partial charge in [-0.1, -0.05) is 17.7 Å². The summed E-state index contributed by atoms with van der Waals surface area (Å²) >= 11 is 0. The van der Waals surface area contributed by atoms with E-state index >= 15 is 0 Å². The third kappa shape index (κ3) is 4.97. The first kappa shape index (κ1) is 18.3. The zero-order valence-electron chi connectivity index (χ0n) is 14.3. The SMILES string of the molecule is COCCCNc1ccc(NS(=O)(=O)c2ccc(C)cc2C)cc1. The van der Waals surface area contributed by atoms with Crippen molar-refractivity contribution < 1.29 is 13.2 Å². The van der Waals surface area contributed by atoms with Gasteiger partial charge in [0.05, 0.1) is 4.90 Å². The number of ether oxygens (including phenoxy) is 1. The van der Waals surface area contributed by atoms with Gasteiger partial charge in [-0.2, -0.15) is 0 Å². The first-order valence-corrected chi connectivity index (χ1v) is 9.33. The summed E-state index contributed by atoms with van der Waals surface area (Å²) in [5.41, 5.74) is 3.26. The normalized spacial score (nSPS) is 11.3. The Balaban J connectivity index is 2.04. The van der Waals surface area contributed by atoms with Gasteiger partial charge in [-0.15, -0.1) is 0 Å². The molecule has 0 spiro atoms. The number of methoxy groups -OCH3 is 1. The third-order valence-electron chi connectivity index (χ3n) is 3.61. The smallest absolute Gasteiger partial charge is 0.262 e. The van der Waals surface area contributed by atoms with Crippen molar-refractivity contribution in [2.24, 2.45) is 0 Å². The first-order chi connectivity index (χ1) is 11.4. The minimum Gasteiger partial charge on any atom is -0.385 e. The molecule has 2 rings (SSSR count). The summed E-state index contributed by atoms with van der Waals surface area (Å²) in [5, 5.41) is 3.26. The second-order valence-corrected chi connectivity index (χ2v) is 7.38. The fourth-order valence-electron chi connectivity index (χ4n) is 2.42. The van der Waals surface area contributed by atoms with Crippen LogP contribution >= 0.6 is 0 Å². The van der Waals surface area contributed by atoms with E-state index in [4.69, 9.17) is 4.74 Å². The molecule has 0 amide bonds. The molecule has 6 heteroatoms.